The van der Waals surface area contributed by atoms with E-state index in [0.29, 0.717) is 11.5 Å². The van der Waals surface area contributed by atoms with Gasteiger partial charge in [-0.15, -0.1) is 0 Å². The average Bonchev–Trinajstić information content (AvgIpc) is 2.10. The van der Waals surface area contributed by atoms with Gasteiger partial charge in [-0.3, -0.25) is 4.79 Å². The van der Waals surface area contributed by atoms with Crippen molar-refractivity contribution in [1.82, 2.24) is 4.98 Å². The first-order chi connectivity index (χ1) is 6.80. The van der Waals surface area contributed by atoms with Crippen molar-refractivity contribution in [1.29, 1.82) is 0 Å². The van der Waals surface area contributed by atoms with Crippen LogP contribution in [0.1, 0.15) is 26.3 Å². The van der Waals surface area contributed by atoms with Crippen LogP contribution in [0.2, 0.25) is 0 Å². The Morgan fingerprint density at radius 2 is 2.07 bits per heavy atom. The molecule has 0 aromatic carbocycles. The van der Waals surface area contributed by atoms with Gasteiger partial charge in [0.25, 0.3) is 0 Å². The van der Waals surface area contributed by atoms with E-state index in [4.69, 9.17) is 5.73 Å². The molecule has 0 atom stereocenters. The number of anilines is 2. The Bertz CT molecular complexity index is 380. The highest BCUT2D eigenvalue weighted by Gasteiger charge is 2.21. The number of nitrogen functional groups attached to an aromatic ring is 1. The zero-order valence-electron chi connectivity index (χ0n) is 9.59. The van der Waals surface area contributed by atoms with E-state index in [-0.39, 0.29) is 5.91 Å². The number of nitrogens with two attached hydrogens (primary N) is 1. The monoisotopic (exact) mass is 207 g/mol. The van der Waals surface area contributed by atoms with Crippen LogP contribution in [-0.4, -0.2) is 10.9 Å². The van der Waals surface area contributed by atoms with E-state index in [2.05, 4.69) is 10.3 Å². The number of rotatable bonds is 1. The van der Waals surface area contributed by atoms with Gasteiger partial charge in [0.1, 0.15) is 5.82 Å². The molecule has 4 heteroatoms. The molecule has 0 unspecified atom stereocenters. The predicted octanol–water partition coefficient (Wildman–Crippen LogP) is 1.96. The van der Waals surface area contributed by atoms with Crippen LogP contribution in [-0.2, 0) is 4.79 Å². The number of carbonyl (C=O) groups excluding carboxylic acids is 1. The summed E-state index contributed by atoms with van der Waals surface area (Å²) in [6, 6.07) is 1.76. The predicted molar refractivity (Wildman–Crippen MR) is 61.5 cm³/mol. The third-order valence-corrected chi connectivity index (χ3v) is 2.07. The van der Waals surface area contributed by atoms with Gasteiger partial charge in [0.2, 0.25) is 5.91 Å². The second-order valence-corrected chi connectivity index (χ2v) is 4.63. The van der Waals surface area contributed by atoms with Crippen LogP contribution in [0.25, 0.3) is 0 Å². The highest BCUT2D eigenvalue weighted by molar-refractivity contribution is 5.93. The summed E-state index contributed by atoms with van der Waals surface area (Å²) in [5.41, 5.74) is 6.75. The Labute approximate surface area is 89.9 Å². The van der Waals surface area contributed by atoms with E-state index in [9.17, 15) is 4.79 Å². The van der Waals surface area contributed by atoms with Crippen molar-refractivity contribution < 1.29 is 4.79 Å². The van der Waals surface area contributed by atoms with Gasteiger partial charge in [0.15, 0.2) is 0 Å². The van der Waals surface area contributed by atoms with Gasteiger partial charge in [-0.2, -0.15) is 0 Å². The van der Waals surface area contributed by atoms with Crippen molar-refractivity contribution in [3.63, 3.8) is 0 Å². The molecule has 0 saturated carbocycles. The smallest absolute Gasteiger partial charge is 0.230 e. The minimum atomic E-state index is -0.420. The number of aryl methyl sites for hydroxylation is 1. The van der Waals surface area contributed by atoms with Crippen LogP contribution in [0.5, 0.6) is 0 Å². The molecule has 1 heterocycles. The fourth-order valence-electron chi connectivity index (χ4n) is 0.939. The summed E-state index contributed by atoms with van der Waals surface area (Å²) in [6.07, 6.45) is 1.55. The molecule has 1 amide bonds. The van der Waals surface area contributed by atoms with Gasteiger partial charge >= 0.3 is 0 Å². The normalized spacial score (nSPS) is 11.2. The lowest BCUT2D eigenvalue weighted by atomic mass is 9.96. The third kappa shape index (κ3) is 2.94. The lowest BCUT2D eigenvalue weighted by Gasteiger charge is -2.17. The summed E-state index contributed by atoms with van der Waals surface area (Å²) >= 11 is 0. The number of aromatic nitrogens is 1. The number of pyridine rings is 1. The minimum absolute atomic E-state index is 0.0563. The molecular formula is C11H17N3O. The molecule has 0 radical (unpaired) electrons. The van der Waals surface area contributed by atoms with E-state index >= 15 is 0 Å². The van der Waals surface area contributed by atoms with Gasteiger partial charge in [0, 0.05) is 5.41 Å². The molecule has 0 aliphatic carbocycles. The van der Waals surface area contributed by atoms with E-state index in [0.717, 1.165) is 5.56 Å². The van der Waals surface area contributed by atoms with Crippen LogP contribution in [0.4, 0.5) is 11.5 Å². The Morgan fingerprint density at radius 3 is 2.53 bits per heavy atom. The highest BCUT2D eigenvalue weighted by atomic mass is 16.2. The van der Waals surface area contributed by atoms with E-state index < -0.39 is 5.41 Å². The maximum absolute atomic E-state index is 11.6. The van der Waals surface area contributed by atoms with Gasteiger partial charge in [0.05, 0.1) is 11.9 Å². The molecule has 1 aromatic rings. The second kappa shape index (κ2) is 3.88. The summed E-state index contributed by atoms with van der Waals surface area (Å²) in [6.45, 7) is 7.44. The van der Waals surface area contributed by atoms with Gasteiger partial charge in [-0.1, -0.05) is 20.8 Å². The van der Waals surface area contributed by atoms with Crippen LogP contribution in [0, 0.1) is 12.3 Å². The molecule has 0 aliphatic rings. The quantitative estimate of drug-likeness (QED) is 0.739. The largest absolute Gasteiger partial charge is 0.397 e. The van der Waals surface area contributed by atoms with Crippen molar-refractivity contribution in [2.45, 2.75) is 27.7 Å². The minimum Gasteiger partial charge on any atom is -0.397 e. The van der Waals surface area contributed by atoms with Gasteiger partial charge in [-0.25, -0.2) is 4.98 Å². The number of carbonyl (C=O) groups is 1. The average molecular weight is 207 g/mol. The Balaban J connectivity index is 2.83. The van der Waals surface area contributed by atoms with E-state index in [1.54, 1.807) is 12.3 Å². The van der Waals surface area contributed by atoms with Crippen molar-refractivity contribution in [3.8, 4) is 0 Å². The lowest BCUT2D eigenvalue weighted by molar-refractivity contribution is -0.123. The fraction of sp³-hybridized carbons (Fsp3) is 0.455. The number of hydrogen-bond donors (Lipinski definition) is 2. The van der Waals surface area contributed by atoms with Crippen molar-refractivity contribution in [3.05, 3.63) is 17.8 Å². The van der Waals surface area contributed by atoms with Crippen molar-refractivity contribution >= 4 is 17.4 Å². The number of amides is 1. The Kier molecular flexibility index (Phi) is 2.98. The van der Waals surface area contributed by atoms with E-state index in [1.165, 1.54) is 0 Å². The molecule has 0 saturated heterocycles. The molecule has 1 rings (SSSR count). The standard InChI is InChI=1S/C11H17N3O/c1-7-5-9(13-6-8(7)12)14-10(15)11(2,3)4/h5-6H,12H2,1-4H3,(H,13,14,15). The molecule has 0 aliphatic heterocycles. The molecule has 4 nitrogen and oxygen atoms in total. The van der Waals surface area contributed by atoms with Crippen LogP contribution >= 0.6 is 0 Å². The first-order valence-corrected chi connectivity index (χ1v) is 4.84. The third-order valence-electron chi connectivity index (χ3n) is 2.07. The van der Waals surface area contributed by atoms with Crippen molar-refractivity contribution in [2.75, 3.05) is 11.1 Å². The van der Waals surface area contributed by atoms with Crippen LogP contribution in [0.3, 0.4) is 0 Å². The van der Waals surface area contributed by atoms with Gasteiger partial charge < -0.3 is 11.1 Å². The summed E-state index contributed by atoms with van der Waals surface area (Å²) in [5.74, 6) is 0.487. The van der Waals surface area contributed by atoms with Crippen LogP contribution < -0.4 is 11.1 Å². The summed E-state index contributed by atoms with van der Waals surface area (Å²) in [4.78, 5) is 15.7. The molecule has 0 spiro atoms. The molecule has 82 valence electrons. The molecule has 0 fully saturated rings. The maximum atomic E-state index is 11.6. The first-order valence-electron chi connectivity index (χ1n) is 4.84. The topological polar surface area (TPSA) is 68.0 Å². The lowest BCUT2D eigenvalue weighted by Crippen LogP contribution is -2.28. The summed E-state index contributed by atoms with van der Waals surface area (Å²) in [5, 5.41) is 2.74. The number of nitrogens with one attached hydrogen (secondary N) is 1. The second-order valence-electron chi connectivity index (χ2n) is 4.63. The number of nitrogens with zero attached hydrogens (tertiary/aromatic N) is 1. The van der Waals surface area contributed by atoms with Crippen LogP contribution in [0.15, 0.2) is 12.3 Å². The molecule has 1 aromatic heterocycles. The zero-order chi connectivity index (χ0) is 11.6. The Hall–Kier alpha value is -1.58. The van der Waals surface area contributed by atoms with E-state index in [1.807, 2.05) is 27.7 Å². The summed E-state index contributed by atoms with van der Waals surface area (Å²) in [7, 11) is 0. The molecular weight excluding hydrogens is 190 g/mol. The zero-order valence-corrected chi connectivity index (χ0v) is 9.59. The highest BCUT2D eigenvalue weighted by Crippen LogP contribution is 2.18. The SMILES string of the molecule is Cc1cc(NC(=O)C(C)(C)C)ncc1N. The molecule has 15 heavy (non-hydrogen) atoms. The van der Waals surface area contributed by atoms with Gasteiger partial charge in [-0.05, 0) is 18.6 Å². The molecule has 3 N–H and O–H groups in total. The molecule has 0 bridgehead atoms. The number of hydrogen-bond acceptors (Lipinski definition) is 3. The van der Waals surface area contributed by atoms with Crippen molar-refractivity contribution in [2.24, 2.45) is 5.41 Å². The maximum Gasteiger partial charge on any atom is 0.230 e. The first kappa shape index (κ1) is 11.5. The summed E-state index contributed by atoms with van der Waals surface area (Å²) < 4.78 is 0. The fourth-order valence-corrected chi connectivity index (χ4v) is 0.939. The Morgan fingerprint density at radius 1 is 1.47 bits per heavy atom.